The molecule has 0 N–H and O–H groups in total. The zero-order valence-corrected chi connectivity index (χ0v) is 20.0. The fourth-order valence-electron chi connectivity index (χ4n) is 4.98. The van der Waals surface area contributed by atoms with Gasteiger partial charge in [-0.1, -0.05) is 42.5 Å². The van der Waals surface area contributed by atoms with Crippen molar-refractivity contribution < 1.29 is 9.47 Å². The Morgan fingerprint density at radius 3 is 2.66 bits per heavy atom. The van der Waals surface area contributed by atoms with Crippen molar-refractivity contribution in [3.05, 3.63) is 84.6 Å². The van der Waals surface area contributed by atoms with Crippen molar-refractivity contribution in [1.29, 1.82) is 0 Å². The number of imidazole rings is 1. The smallest absolute Gasteiger partial charge is 0.117 e. The molecule has 1 fully saturated rings. The van der Waals surface area contributed by atoms with Crippen molar-refractivity contribution in [3.8, 4) is 22.5 Å². The van der Waals surface area contributed by atoms with Gasteiger partial charge in [0.2, 0.25) is 0 Å². The number of benzene rings is 2. The molecule has 0 radical (unpaired) electrons. The lowest BCUT2D eigenvalue weighted by Crippen LogP contribution is -2.31. The van der Waals surface area contributed by atoms with E-state index in [1.165, 1.54) is 5.56 Å². The van der Waals surface area contributed by atoms with Crippen LogP contribution in [0.2, 0.25) is 0 Å². The molecular weight excluding hydrogens is 436 g/mol. The maximum absolute atomic E-state index is 5.90. The number of rotatable bonds is 7. The maximum atomic E-state index is 5.90. The van der Waals surface area contributed by atoms with Gasteiger partial charge in [-0.15, -0.1) is 0 Å². The second kappa shape index (κ2) is 9.21. The zero-order chi connectivity index (χ0) is 23.8. The van der Waals surface area contributed by atoms with Gasteiger partial charge < -0.3 is 9.47 Å². The molecule has 0 spiro atoms. The van der Waals surface area contributed by atoms with E-state index in [4.69, 9.17) is 19.4 Å². The van der Waals surface area contributed by atoms with E-state index in [9.17, 15) is 0 Å². The molecule has 1 aliphatic carbocycles. The molecule has 0 bridgehead atoms. The minimum absolute atomic E-state index is 0.275. The molecule has 0 atom stereocenters. The third-order valence-corrected chi connectivity index (χ3v) is 6.93. The molecule has 0 saturated heterocycles. The molecule has 2 aromatic carbocycles. The van der Waals surface area contributed by atoms with Gasteiger partial charge in [0, 0.05) is 41.9 Å². The van der Waals surface area contributed by atoms with Gasteiger partial charge in [-0.05, 0) is 37.5 Å². The molecule has 0 amide bonds. The predicted octanol–water partition coefficient (Wildman–Crippen LogP) is 5.83. The number of pyridine rings is 1. The number of hydrogen-bond acceptors (Lipinski definition) is 5. The van der Waals surface area contributed by atoms with Gasteiger partial charge in [-0.3, -0.25) is 9.38 Å². The van der Waals surface area contributed by atoms with Gasteiger partial charge in [0.05, 0.1) is 47.9 Å². The van der Waals surface area contributed by atoms with Crippen LogP contribution >= 0.6 is 0 Å². The average Bonchev–Trinajstić information content (AvgIpc) is 3.25. The zero-order valence-electron chi connectivity index (χ0n) is 20.0. The molecule has 35 heavy (non-hydrogen) atoms. The summed E-state index contributed by atoms with van der Waals surface area (Å²) in [4.78, 5) is 14.5. The average molecular weight is 465 g/mol. The second-order valence-corrected chi connectivity index (χ2v) is 9.23. The summed E-state index contributed by atoms with van der Waals surface area (Å²) in [6, 6.07) is 19.0. The lowest BCUT2D eigenvalue weighted by Gasteiger charge is -2.34. The molecule has 1 aliphatic rings. The van der Waals surface area contributed by atoms with Crippen molar-refractivity contribution in [3.63, 3.8) is 0 Å². The lowest BCUT2D eigenvalue weighted by atomic mass is 9.81. The van der Waals surface area contributed by atoms with Gasteiger partial charge in [0.1, 0.15) is 5.82 Å². The number of hydrogen-bond donors (Lipinski definition) is 0. The van der Waals surface area contributed by atoms with Crippen LogP contribution in [0.1, 0.15) is 30.1 Å². The summed E-state index contributed by atoms with van der Waals surface area (Å²) in [6.45, 7) is 3.41. The maximum Gasteiger partial charge on any atom is 0.117 e. The van der Waals surface area contributed by atoms with Crippen molar-refractivity contribution in [1.82, 2.24) is 19.4 Å². The molecule has 3 aromatic heterocycles. The fourth-order valence-corrected chi connectivity index (χ4v) is 4.98. The van der Waals surface area contributed by atoms with Crippen LogP contribution in [0, 0.1) is 6.92 Å². The van der Waals surface area contributed by atoms with Crippen molar-refractivity contribution in [2.24, 2.45) is 0 Å². The van der Waals surface area contributed by atoms with E-state index in [0.717, 1.165) is 57.6 Å². The Bertz CT molecular complexity index is 1490. The molecule has 176 valence electrons. The summed E-state index contributed by atoms with van der Waals surface area (Å²) in [5, 5.41) is 1.16. The van der Waals surface area contributed by atoms with Crippen molar-refractivity contribution in [2.75, 3.05) is 20.3 Å². The minimum Gasteiger partial charge on any atom is -0.382 e. The predicted molar refractivity (Wildman–Crippen MR) is 137 cm³/mol. The summed E-state index contributed by atoms with van der Waals surface area (Å²) in [5.41, 5.74) is 7.31. The van der Waals surface area contributed by atoms with Crippen LogP contribution in [-0.4, -0.2) is 45.8 Å². The largest absolute Gasteiger partial charge is 0.382 e. The molecule has 1 saturated carbocycles. The van der Waals surface area contributed by atoms with E-state index < -0.39 is 0 Å². The van der Waals surface area contributed by atoms with Crippen molar-refractivity contribution >= 4 is 16.4 Å². The van der Waals surface area contributed by atoms with Crippen LogP contribution in [-0.2, 0) is 9.47 Å². The Balaban J connectivity index is 1.37. The van der Waals surface area contributed by atoms with E-state index in [-0.39, 0.29) is 6.10 Å². The third kappa shape index (κ3) is 4.09. The van der Waals surface area contributed by atoms with E-state index in [1.807, 2.05) is 36.8 Å². The molecule has 6 rings (SSSR count). The van der Waals surface area contributed by atoms with Crippen LogP contribution in [0.4, 0.5) is 0 Å². The molecule has 0 unspecified atom stereocenters. The number of nitrogens with zero attached hydrogens (tertiary/aromatic N) is 4. The molecule has 3 heterocycles. The van der Waals surface area contributed by atoms with E-state index in [1.54, 1.807) is 7.11 Å². The Labute approximate surface area is 204 Å². The first-order valence-electron chi connectivity index (χ1n) is 12.1. The Morgan fingerprint density at radius 1 is 0.971 bits per heavy atom. The second-order valence-electron chi connectivity index (χ2n) is 9.23. The van der Waals surface area contributed by atoms with E-state index >= 15 is 0 Å². The third-order valence-electron chi connectivity index (χ3n) is 6.93. The highest BCUT2D eigenvalue weighted by atomic mass is 16.5. The van der Waals surface area contributed by atoms with Gasteiger partial charge in [-0.2, -0.15) is 0 Å². The SMILES string of the molecule is COCCOC1CC(c2nc(-c3ccc4c(C)cc(-c5ccccc5)nc4c3)c3cnccn23)C1. The van der Waals surface area contributed by atoms with Gasteiger partial charge >= 0.3 is 0 Å². The number of ether oxygens (including phenoxy) is 2. The highest BCUT2D eigenvalue weighted by Gasteiger charge is 2.34. The quantitative estimate of drug-likeness (QED) is 0.284. The highest BCUT2D eigenvalue weighted by molar-refractivity contribution is 5.90. The van der Waals surface area contributed by atoms with Crippen LogP contribution in [0.15, 0.2) is 73.2 Å². The van der Waals surface area contributed by atoms with Gasteiger partial charge in [0.15, 0.2) is 0 Å². The molecule has 0 aliphatic heterocycles. The normalized spacial score (nSPS) is 17.7. The monoisotopic (exact) mass is 464 g/mol. The number of fused-ring (bicyclic) bond motifs is 2. The van der Waals surface area contributed by atoms with Crippen LogP contribution in [0.5, 0.6) is 0 Å². The van der Waals surface area contributed by atoms with Crippen LogP contribution < -0.4 is 0 Å². The molecule has 6 nitrogen and oxygen atoms in total. The first kappa shape index (κ1) is 21.9. The van der Waals surface area contributed by atoms with Crippen molar-refractivity contribution in [2.45, 2.75) is 31.8 Å². The minimum atomic E-state index is 0.275. The lowest BCUT2D eigenvalue weighted by molar-refractivity contribution is -0.0321. The first-order valence-corrected chi connectivity index (χ1v) is 12.1. The number of aryl methyl sites for hydroxylation is 1. The number of aromatic nitrogens is 4. The highest BCUT2D eigenvalue weighted by Crippen LogP contribution is 2.40. The van der Waals surface area contributed by atoms with Gasteiger partial charge in [-0.25, -0.2) is 9.97 Å². The van der Waals surface area contributed by atoms with Gasteiger partial charge in [0.25, 0.3) is 0 Å². The Hall–Kier alpha value is -3.61. The summed E-state index contributed by atoms with van der Waals surface area (Å²) in [7, 11) is 1.70. The van der Waals surface area contributed by atoms with E-state index in [2.05, 4.69) is 52.7 Å². The first-order chi connectivity index (χ1) is 17.2. The molecular formula is C29H28N4O2. The van der Waals surface area contributed by atoms with Crippen LogP contribution in [0.3, 0.4) is 0 Å². The summed E-state index contributed by atoms with van der Waals surface area (Å²) >= 11 is 0. The summed E-state index contributed by atoms with van der Waals surface area (Å²) < 4.78 is 13.2. The summed E-state index contributed by atoms with van der Waals surface area (Å²) in [5.74, 6) is 1.45. The van der Waals surface area contributed by atoms with E-state index in [0.29, 0.717) is 19.1 Å². The number of methoxy groups -OCH3 is 1. The molecule has 5 aromatic rings. The Kier molecular flexibility index (Phi) is 5.76. The Morgan fingerprint density at radius 2 is 1.83 bits per heavy atom. The standard InChI is InChI=1S/C29H28N4O2/c1-19-14-25(20-6-4-3-5-7-20)31-26-17-21(8-9-24(19)26)28-27-18-30-10-11-33(27)29(32-28)22-15-23(16-22)35-13-12-34-2/h3-11,14,17-18,22-23H,12-13,15-16H2,1-2H3. The fraction of sp³-hybridized carbons (Fsp3) is 0.276. The topological polar surface area (TPSA) is 61.5 Å². The summed E-state index contributed by atoms with van der Waals surface area (Å²) in [6.07, 6.45) is 7.96. The van der Waals surface area contributed by atoms with Crippen LogP contribution in [0.25, 0.3) is 38.9 Å². The molecule has 6 heteroatoms.